The zero-order chi connectivity index (χ0) is 9.73. The average Bonchev–Trinajstić information content (AvgIpc) is 2.11. The van der Waals surface area contributed by atoms with Crippen LogP contribution in [0, 0.1) is 12.3 Å². The maximum absolute atomic E-state index is 10.3. The van der Waals surface area contributed by atoms with Crippen molar-refractivity contribution in [3.63, 3.8) is 0 Å². The smallest absolute Gasteiger partial charge is 0.0763 e. The highest BCUT2D eigenvalue weighted by molar-refractivity contribution is 8.00. The summed E-state index contributed by atoms with van der Waals surface area (Å²) in [6, 6.07) is 0. The molecule has 1 saturated heterocycles. The van der Waals surface area contributed by atoms with Crippen molar-refractivity contribution in [2.75, 3.05) is 5.75 Å². The lowest BCUT2D eigenvalue weighted by molar-refractivity contribution is 0.0194. The third kappa shape index (κ3) is 2.93. The van der Waals surface area contributed by atoms with E-state index in [-0.39, 0.29) is 0 Å². The van der Waals surface area contributed by atoms with E-state index in [1.54, 1.807) is 0 Å². The van der Waals surface area contributed by atoms with E-state index in [1.165, 1.54) is 5.75 Å². The highest BCUT2D eigenvalue weighted by Gasteiger charge is 2.35. The van der Waals surface area contributed by atoms with E-state index in [1.807, 2.05) is 11.8 Å². The Bertz CT molecular complexity index is 197. The zero-order valence-corrected chi connectivity index (χ0v) is 9.07. The van der Waals surface area contributed by atoms with Gasteiger partial charge in [-0.2, -0.15) is 11.8 Å². The molecule has 0 amide bonds. The first-order valence-electron chi connectivity index (χ1n) is 4.96. The van der Waals surface area contributed by atoms with Crippen LogP contribution in [0.15, 0.2) is 0 Å². The molecule has 1 aliphatic heterocycles. The number of rotatable bonds is 3. The number of hydrogen-bond acceptors (Lipinski definition) is 2. The van der Waals surface area contributed by atoms with Crippen molar-refractivity contribution in [3.8, 4) is 12.3 Å². The molecule has 2 atom stereocenters. The standard InChI is InChI=1S/C11H18OS/c1-3-4-5-7-11(12)8-6-9-13-10(11)2/h1,10,12H,4-9H2,2H3. The van der Waals surface area contributed by atoms with Crippen LogP contribution in [-0.4, -0.2) is 21.7 Å². The van der Waals surface area contributed by atoms with Crippen molar-refractivity contribution >= 4 is 11.8 Å². The second-order valence-corrected chi connectivity index (χ2v) is 5.23. The summed E-state index contributed by atoms with van der Waals surface area (Å²) < 4.78 is 0. The van der Waals surface area contributed by atoms with Gasteiger partial charge in [0.15, 0.2) is 0 Å². The summed E-state index contributed by atoms with van der Waals surface area (Å²) >= 11 is 1.88. The van der Waals surface area contributed by atoms with E-state index in [0.717, 1.165) is 32.1 Å². The van der Waals surface area contributed by atoms with Crippen molar-refractivity contribution < 1.29 is 5.11 Å². The Morgan fingerprint density at radius 2 is 2.46 bits per heavy atom. The first-order valence-corrected chi connectivity index (χ1v) is 6.01. The third-order valence-electron chi connectivity index (χ3n) is 2.81. The molecule has 1 aliphatic rings. The summed E-state index contributed by atoms with van der Waals surface area (Å²) in [7, 11) is 0. The van der Waals surface area contributed by atoms with Gasteiger partial charge in [0, 0.05) is 11.7 Å². The molecule has 0 radical (unpaired) electrons. The van der Waals surface area contributed by atoms with Gasteiger partial charge < -0.3 is 5.11 Å². The van der Waals surface area contributed by atoms with E-state index < -0.39 is 5.60 Å². The predicted octanol–water partition coefficient (Wildman–Crippen LogP) is 2.44. The molecule has 1 fully saturated rings. The van der Waals surface area contributed by atoms with Gasteiger partial charge in [-0.3, -0.25) is 0 Å². The largest absolute Gasteiger partial charge is 0.389 e. The summed E-state index contributed by atoms with van der Waals surface area (Å²) in [5.41, 5.74) is -0.445. The molecule has 1 N–H and O–H groups in total. The van der Waals surface area contributed by atoms with Gasteiger partial charge in [0.2, 0.25) is 0 Å². The minimum atomic E-state index is -0.445. The predicted molar refractivity (Wildman–Crippen MR) is 58.8 cm³/mol. The molecule has 0 aliphatic carbocycles. The van der Waals surface area contributed by atoms with E-state index in [4.69, 9.17) is 6.42 Å². The molecule has 0 aromatic rings. The van der Waals surface area contributed by atoms with Crippen LogP contribution in [0.1, 0.15) is 39.0 Å². The SMILES string of the molecule is C#CCCCC1(O)CCCSC1C. The summed E-state index contributed by atoms with van der Waals surface area (Å²) in [6.07, 6.45) is 9.89. The fourth-order valence-electron chi connectivity index (χ4n) is 1.82. The Morgan fingerprint density at radius 1 is 1.69 bits per heavy atom. The second kappa shape index (κ2) is 4.93. The minimum absolute atomic E-state index is 0.374. The number of hydrogen-bond donors (Lipinski definition) is 1. The molecule has 0 aromatic heterocycles. The van der Waals surface area contributed by atoms with Gasteiger partial charge in [-0.05, 0) is 31.4 Å². The van der Waals surface area contributed by atoms with Gasteiger partial charge in [0.25, 0.3) is 0 Å². The Labute approximate surface area is 85.3 Å². The van der Waals surface area contributed by atoms with Crippen LogP contribution >= 0.6 is 11.8 Å². The fraction of sp³-hybridized carbons (Fsp3) is 0.818. The lowest BCUT2D eigenvalue weighted by atomic mass is 9.88. The fourth-order valence-corrected chi connectivity index (χ4v) is 3.03. The molecule has 1 rings (SSSR count). The highest BCUT2D eigenvalue weighted by atomic mass is 32.2. The van der Waals surface area contributed by atoms with Crippen molar-refractivity contribution in [2.24, 2.45) is 0 Å². The average molecular weight is 198 g/mol. The molecule has 0 bridgehead atoms. The summed E-state index contributed by atoms with van der Waals surface area (Å²) in [5, 5.41) is 10.7. The van der Waals surface area contributed by atoms with E-state index in [0.29, 0.717) is 5.25 Å². The van der Waals surface area contributed by atoms with Gasteiger partial charge >= 0.3 is 0 Å². The van der Waals surface area contributed by atoms with Gasteiger partial charge in [-0.15, -0.1) is 12.3 Å². The summed E-state index contributed by atoms with van der Waals surface area (Å²) in [4.78, 5) is 0. The number of aliphatic hydroxyl groups is 1. The summed E-state index contributed by atoms with van der Waals surface area (Å²) in [5.74, 6) is 3.81. The highest BCUT2D eigenvalue weighted by Crippen LogP contribution is 2.37. The quantitative estimate of drug-likeness (QED) is 0.555. The molecule has 1 heterocycles. The topological polar surface area (TPSA) is 20.2 Å². The Morgan fingerprint density at radius 3 is 3.08 bits per heavy atom. The molecule has 0 aromatic carbocycles. The van der Waals surface area contributed by atoms with E-state index in [2.05, 4.69) is 12.8 Å². The van der Waals surface area contributed by atoms with Crippen molar-refractivity contribution in [3.05, 3.63) is 0 Å². The van der Waals surface area contributed by atoms with Crippen LogP contribution in [-0.2, 0) is 0 Å². The lowest BCUT2D eigenvalue weighted by Crippen LogP contribution is -2.41. The number of terminal acetylenes is 1. The molecule has 13 heavy (non-hydrogen) atoms. The molecular weight excluding hydrogens is 180 g/mol. The van der Waals surface area contributed by atoms with Crippen LogP contribution in [0.4, 0.5) is 0 Å². The van der Waals surface area contributed by atoms with Crippen molar-refractivity contribution in [1.29, 1.82) is 0 Å². The van der Waals surface area contributed by atoms with Crippen LogP contribution < -0.4 is 0 Å². The Hall–Kier alpha value is -0.130. The monoisotopic (exact) mass is 198 g/mol. The lowest BCUT2D eigenvalue weighted by Gasteiger charge is -2.37. The third-order valence-corrected chi connectivity index (χ3v) is 4.27. The molecule has 2 unspecified atom stereocenters. The second-order valence-electron chi connectivity index (χ2n) is 3.78. The van der Waals surface area contributed by atoms with E-state index >= 15 is 0 Å². The number of unbranched alkanes of at least 4 members (excludes halogenated alkanes) is 1. The Balaban J connectivity index is 2.38. The van der Waals surface area contributed by atoms with Gasteiger partial charge in [-0.25, -0.2) is 0 Å². The van der Waals surface area contributed by atoms with Crippen LogP contribution in [0.5, 0.6) is 0 Å². The molecule has 0 saturated carbocycles. The first-order chi connectivity index (χ1) is 6.19. The Kier molecular flexibility index (Phi) is 4.15. The van der Waals surface area contributed by atoms with E-state index in [9.17, 15) is 5.11 Å². The zero-order valence-electron chi connectivity index (χ0n) is 8.25. The number of thioether (sulfide) groups is 1. The molecule has 0 spiro atoms. The molecule has 1 nitrogen and oxygen atoms in total. The first kappa shape index (κ1) is 10.9. The molecular formula is C11H18OS. The normalized spacial score (nSPS) is 34.1. The van der Waals surface area contributed by atoms with Crippen LogP contribution in [0.3, 0.4) is 0 Å². The summed E-state index contributed by atoms with van der Waals surface area (Å²) in [6.45, 7) is 2.12. The van der Waals surface area contributed by atoms with Crippen LogP contribution in [0.25, 0.3) is 0 Å². The maximum Gasteiger partial charge on any atom is 0.0763 e. The van der Waals surface area contributed by atoms with Gasteiger partial charge in [0.1, 0.15) is 0 Å². The molecule has 2 heteroatoms. The maximum atomic E-state index is 10.3. The van der Waals surface area contributed by atoms with Gasteiger partial charge in [0.05, 0.1) is 5.60 Å². The van der Waals surface area contributed by atoms with Gasteiger partial charge in [-0.1, -0.05) is 6.92 Å². The minimum Gasteiger partial charge on any atom is -0.389 e. The van der Waals surface area contributed by atoms with Crippen LogP contribution in [0.2, 0.25) is 0 Å². The van der Waals surface area contributed by atoms with Crippen molar-refractivity contribution in [1.82, 2.24) is 0 Å². The van der Waals surface area contributed by atoms with Crippen molar-refractivity contribution in [2.45, 2.75) is 49.9 Å². The molecule has 74 valence electrons.